The minimum Gasteiger partial charge on any atom is -0.393 e. The Labute approximate surface area is 55.4 Å². The average molecular weight is 124 g/mol. The van der Waals surface area contributed by atoms with Gasteiger partial charge in [-0.25, -0.2) is 0 Å². The first-order valence-corrected chi connectivity index (χ1v) is 3.71. The van der Waals surface area contributed by atoms with Crippen LogP contribution < -0.4 is 0 Å². The van der Waals surface area contributed by atoms with E-state index in [0.29, 0.717) is 0 Å². The Morgan fingerprint density at radius 3 is 3.00 bits per heavy atom. The molecule has 1 N–H and O–H groups in total. The number of hydrogen-bond donors (Lipinski definition) is 1. The predicted molar refractivity (Wildman–Crippen MR) is 36.0 cm³/mol. The van der Waals surface area contributed by atoms with Gasteiger partial charge in [0.2, 0.25) is 0 Å². The summed E-state index contributed by atoms with van der Waals surface area (Å²) >= 11 is 0. The van der Waals surface area contributed by atoms with Gasteiger partial charge in [0.05, 0.1) is 6.10 Å². The SMILES string of the molecule is O[C@@H]1C[C@H]2CC=C[C@H]2C1. The van der Waals surface area contributed by atoms with E-state index in [2.05, 4.69) is 12.2 Å². The zero-order chi connectivity index (χ0) is 6.27. The molecule has 0 spiro atoms. The molecular formula is C8H12O. The molecule has 0 aliphatic heterocycles. The Kier molecular flexibility index (Phi) is 1.12. The smallest absolute Gasteiger partial charge is 0.0549 e. The van der Waals surface area contributed by atoms with Crippen molar-refractivity contribution >= 4 is 0 Å². The van der Waals surface area contributed by atoms with Gasteiger partial charge in [-0.05, 0) is 31.1 Å². The molecule has 1 fully saturated rings. The van der Waals surface area contributed by atoms with Gasteiger partial charge in [-0.15, -0.1) is 0 Å². The van der Waals surface area contributed by atoms with E-state index in [1.807, 2.05) is 0 Å². The standard InChI is InChI=1S/C8H12O/c9-8-4-6-2-1-3-7(6)5-8/h1-2,6-9H,3-5H2/t6-,7+,8-/m0/s1. The third-order valence-electron chi connectivity index (χ3n) is 2.55. The van der Waals surface area contributed by atoms with Crippen molar-refractivity contribution in [3.8, 4) is 0 Å². The third-order valence-corrected chi connectivity index (χ3v) is 2.55. The summed E-state index contributed by atoms with van der Waals surface area (Å²) in [5, 5.41) is 9.20. The summed E-state index contributed by atoms with van der Waals surface area (Å²) in [5.41, 5.74) is 0. The highest BCUT2D eigenvalue weighted by Gasteiger charge is 2.32. The molecule has 1 saturated carbocycles. The Morgan fingerprint density at radius 1 is 1.33 bits per heavy atom. The highest BCUT2D eigenvalue weighted by atomic mass is 16.3. The van der Waals surface area contributed by atoms with Gasteiger partial charge >= 0.3 is 0 Å². The summed E-state index contributed by atoms with van der Waals surface area (Å²) in [6.07, 6.45) is 7.78. The van der Waals surface area contributed by atoms with E-state index in [9.17, 15) is 5.11 Å². The quantitative estimate of drug-likeness (QED) is 0.483. The Morgan fingerprint density at radius 2 is 2.22 bits per heavy atom. The van der Waals surface area contributed by atoms with Gasteiger partial charge in [0, 0.05) is 0 Å². The maximum atomic E-state index is 9.20. The lowest BCUT2D eigenvalue weighted by atomic mass is 10.0. The van der Waals surface area contributed by atoms with Crippen molar-refractivity contribution in [3.05, 3.63) is 12.2 Å². The van der Waals surface area contributed by atoms with Crippen LogP contribution in [0.1, 0.15) is 19.3 Å². The number of aliphatic hydroxyl groups excluding tert-OH is 1. The fraction of sp³-hybridized carbons (Fsp3) is 0.750. The maximum Gasteiger partial charge on any atom is 0.0549 e. The lowest BCUT2D eigenvalue weighted by Crippen LogP contribution is -1.98. The molecule has 1 nitrogen and oxygen atoms in total. The van der Waals surface area contributed by atoms with Crippen molar-refractivity contribution < 1.29 is 5.11 Å². The first-order valence-electron chi connectivity index (χ1n) is 3.71. The fourth-order valence-electron chi connectivity index (χ4n) is 2.06. The molecule has 1 heteroatoms. The second-order valence-corrected chi connectivity index (χ2v) is 3.21. The van der Waals surface area contributed by atoms with Gasteiger partial charge in [-0.2, -0.15) is 0 Å². The van der Waals surface area contributed by atoms with E-state index in [-0.39, 0.29) is 6.10 Å². The first-order chi connectivity index (χ1) is 4.36. The van der Waals surface area contributed by atoms with E-state index in [0.717, 1.165) is 24.7 Å². The molecule has 0 aromatic carbocycles. The van der Waals surface area contributed by atoms with Crippen LogP contribution in [0.3, 0.4) is 0 Å². The number of fused-ring (bicyclic) bond motifs is 1. The third kappa shape index (κ3) is 0.799. The number of allylic oxidation sites excluding steroid dienone is 2. The van der Waals surface area contributed by atoms with Crippen LogP contribution in [0.4, 0.5) is 0 Å². The molecule has 9 heavy (non-hydrogen) atoms. The Bertz CT molecular complexity index is 140. The van der Waals surface area contributed by atoms with Crippen LogP contribution in [-0.4, -0.2) is 11.2 Å². The topological polar surface area (TPSA) is 20.2 Å². The average Bonchev–Trinajstić information content (AvgIpc) is 2.22. The Balaban J connectivity index is 2.08. The molecule has 0 bridgehead atoms. The summed E-state index contributed by atoms with van der Waals surface area (Å²) in [4.78, 5) is 0. The van der Waals surface area contributed by atoms with Crippen molar-refractivity contribution in [2.45, 2.75) is 25.4 Å². The van der Waals surface area contributed by atoms with Crippen LogP contribution in [0.5, 0.6) is 0 Å². The number of aliphatic hydroxyl groups is 1. The molecule has 2 aliphatic rings. The van der Waals surface area contributed by atoms with E-state index >= 15 is 0 Å². The van der Waals surface area contributed by atoms with E-state index in [1.54, 1.807) is 0 Å². The minimum atomic E-state index is 0.00458. The molecule has 3 atom stereocenters. The monoisotopic (exact) mass is 124 g/mol. The summed E-state index contributed by atoms with van der Waals surface area (Å²) in [7, 11) is 0. The molecular weight excluding hydrogens is 112 g/mol. The van der Waals surface area contributed by atoms with Gasteiger partial charge in [-0.3, -0.25) is 0 Å². The number of hydrogen-bond acceptors (Lipinski definition) is 1. The van der Waals surface area contributed by atoms with Crippen molar-refractivity contribution in [3.63, 3.8) is 0 Å². The van der Waals surface area contributed by atoms with E-state index < -0.39 is 0 Å². The summed E-state index contributed by atoms with van der Waals surface area (Å²) in [6, 6.07) is 0. The van der Waals surface area contributed by atoms with E-state index in [1.165, 1.54) is 6.42 Å². The molecule has 0 amide bonds. The second-order valence-electron chi connectivity index (χ2n) is 3.21. The highest BCUT2D eigenvalue weighted by molar-refractivity contribution is 5.05. The fourth-order valence-corrected chi connectivity index (χ4v) is 2.06. The van der Waals surface area contributed by atoms with Crippen LogP contribution >= 0.6 is 0 Å². The summed E-state index contributed by atoms with van der Waals surface area (Å²) in [5.74, 6) is 1.51. The number of rotatable bonds is 0. The lowest BCUT2D eigenvalue weighted by Gasteiger charge is -2.04. The van der Waals surface area contributed by atoms with E-state index in [4.69, 9.17) is 0 Å². The van der Waals surface area contributed by atoms with Crippen LogP contribution in [0.2, 0.25) is 0 Å². The van der Waals surface area contributed by atoms with Gasteiger partial charge in [0.25, 0.3) is 0 Å². The van der Waals surface area contributed by atoms with Crippen LogP contribution in [0, 0.1) is 11.8 Å². The maximum absolute atomic E-state index is 9.20. The molecule has 2 rings (SSSR count). The molecule has 0 aromatic rings. The van der Waals surface area contributed by atoms with Crippen LogP contribution in [-0.2, 0) is 0 Å². The minimum absolute atomic E-state index is 0.00458. The predicted octanol–water partition coefficient (Wildman–Crippen LogP) is 1.33. The zero-order valence-corrected chi connectivity index (χ0v) is 5.46. The molecule has 0 saturated heterocycles. The van der Waals surface area contributed by atoms with Crippen molar-refractivity contribution in [2.24, 2.45) is 11.8 Å². The molecule has 2 aliphatic carbocycles. The van der Waals surface area contributed by atoms with Gasteiger partial charge < -0.3 is 5.11 Å². The van der Waals surface area contributed by atoms with Crippen molar-refractivity contribution in [1.29, 1.82) is 0 Å². The van der Waals surface area contributed by atoms with Crippen LogP contribution in [0.15, 0.2) is 12.2 Å². The Hall–Kier alpha value is -0.300. The summed E-state index contributed by atoms with van der Waals surface area (Å²) in [6.45, 7) is 0. The molecule has 50 valence electrons. The van der Waals surface area contributed by atoms with Crippen molar-refractivity contribution in [2.75, 3.05) is 0 Å². The highest BCUT2D eigenvalue weighted by Crippen LogP contribution is 2.39. The van der Waals surface area contributed by atoms with Gasteiger partial charge in [0.1, 0.15) is 0 Å². The molecule has 0 radical (unpaired) electrons. The molecule has 0 unspecified atom stereocenters. The zero-order valence-electron chi connectivity index (χ0n) is 5.46. The largest absolute Gasteiger partial charge is 0.393 e. The normalized spacial score (nSPS) is 47.9. The molecule has 0 heterocycles. The first kappa shape index (κ1) is 5.48. The van der Waals surface area contributed by atoms with Gasteiger partial charge in [-0.1, -0.05) is 12.2 Å². The lowest BCUT2D eigenvalue weighted by molar-refractivity contribution is 0.176. The van der Waals surface area contributed by atoms with Gasteiger partial charge in [0.15, 0.2) is 0 Å². The summed E-state index contributed by atoms with van der Waals surface area (Å²) < 4.78 is 0. The molecule has 0 aromatic heterocycles. The second kappa shape index (κ2) is 1.84. The van der Waals surface area contributed by atoms with Crippen LogP contribution in [0.25, 0.3) is 0 Å². The van der Waals surface area contributed by atoms with Crippen molar-refractivity contribution in [1.82, 2.24) is 0 Å².